The highest BCUT2D eigenvalue weighted by Gasteiger charge is 2.03. The van der Waals surface area contributed by atoms with Crippen LogP contribution in [0.25, 0.3) is 0 Å². The molecule has 0 unspecified atom stereocenters. The highest BCUT2D eigenvalue weighted by atomic mass is 79.9. The molecule has 0 aliphatic carbocycles. The van der Waals surface area contributed by atoms with Crippen LogP contribution in [0.5, 0.6) is 0 Å². The smallest absolute Gasteiger partial charge is 0.0212 e. The lowest BCUT2D eigenvalue weighted by molar-refractivity contribution is 0.859. The minimum Gasteiger partial charge on any atom is -0.0613 e. The van der Waals surface area contributed by atoms with E-state index in [4.69, 9.17) is 0 Å². The van der Waals surface area contributed by atoms with E-state index in [2.05, 4.69) is 54.9 Å². The van der Waals surface area contributed by atoms with E-state index in [0.29, 0.717) is 5.92 Å². The van der Waals surface area contributed by atoms with Gasteiger partial charge >= 0.3 is 0 Å². The van der Waals surface area contributed by atoms with Crippen LogP contribution in [0.4, 0.5) is 0 Å². The molecule has 0 bridgehead atoms. The number of halogens is 1. The maximum atomic E-state index is 3.59. The van der Waals surface area contributed by atoms with Crippen LogP contribution in [0.3, 0.4) is 0 Å². The zero-order valence-electron chi connectivity index (χ0n) is 7.89. The Labute approximate surface area is 83.1 Å². The molecule has 0 atom stereocenters. The molecule has 0 aromatic heterocycles. The van der Waals surface area contributed by atoms with Crippen LogP contribution in [-0.4, -0.2) is 0 Å². The molecule has 0 spiro atoms. The van der Waals surface area contributed by atoms with Crippen LogP contribution >= 0.6 is 15.9 Å². The van der Waals surface area contributed by atoms with Crippen molar-refractivity contribution in [1.82, 2.24) is 0 Å². The van der Waals surface area contributed by atoms with Crippen molar-refractivity contribution < 1.29 is 0 Å². The molecule has 0 heterocycles. The molecular formula is C11H15Br. The molecule has 1 aromatic carbocycles. The third-order valence-electron chi connectivity index (χ3n) is 2.10. The van der Waals surface area contributed by atoms with Crippen LogP contribution < -0.4 is 0 Å². The lowest BCUT2D eigenvalue weighted by Crippen LogP contribution is -1.90. The van der Waals surface area contributed by atoms with E-state index < -0.39 is 0 Å². The summed E-state index contributed by atoms with van der Waals surface area (Å²) in [5, 5.41) is 0. The fraction of sp³-hybridized carbons (Fsp3) is 0.455. The number of rotatable bonds is 2. The van der Waals surface area contributed by atoms with Crippen LogP contribution in [-0.2, 0) is 6.42 Å². The van der Waals surface area contributed by atoms with Gasteiger partial charge in [-0.25, -0.2) is 0 Å². The highest BCUT2D eigenvalue weighted by Crippen LogP contribution is 2.25. The zero-order valence-corrected chi connectivity index (χ0v) is 9.48. The summed E-state index contributed by atoms with van der Waals surface area (Å²) in [4.78, 5) is 0. The van der Waals surface area contributed by atoms with Crippen molar-refractivity contribution in [1.29, 1.82) is 0 Å². The van der Waals surface area contributed by atoms with E-state index in [0.717, 1.165) is 6.42 Å². The van der Waals surface area contributed by atoms with Crippen molar-refractivity contribution in [3.8, 4) is 0 Å². The Morgan fingerprint density at radius 2 is 2.00 bits per heavy atom. The highest BCUT2D eigenvalue weighted by molar-refractivity contribution is 9.10. The minimum atomic E-state index is 0.602. The second-order valence-corrected chi connectivity index (χ2v) is 4.22. The summed E-state index contributed by atoms with van der Waals surface area (Å²) in [7, 11) is 0. The van der Waals surface area contributed by atoms with Gasteiger partial charge in [-0.3, -0.25) is 0 Å². The van der Waals surface area contributed by atoms with Gasteiger partial charge in [-0.1, -0.05) is 48.8 Å². The van der Waals surface area contributed by atoms with Gasteiger partial charge in [0, 0.05) is 4.47 Å². The van der Waals surface area contributed by atoms with Crippen molar-refractivity contribution in [3.63, 3.8) is 0 Å². The quantitative estimate of drug-likeness (QED) is 0.712. The average molecular weight is 227 g/mol. The first-order valence-electron chi connectivity index (χ1n) is 4.43. The normalized spacial score (nSPS) is 10.8. The molecule has 12 heavy (non-hydrogen) atoms. The first kappa shape index (κ1) is 9.79. The standard InChI is InChI=1S/C11H15Br/c1-4-9-5-6-10(8(2)3)11(12)7-9/h5-8H,4H2,1-3H3. The molecule has 66 valence electrons. The van der Waals surface area contributed by atoms with Crippen LogP contribution in [0, 0.1) is 0 Å². The monoisotopic (exact) mass is 226 g/mol. The zero-order chi connectivity index (χ0) is 9.14. The molecule has 0 amide bonds. The van der Waals surface area contributed by atoms with Gasteiger partial charge in [-0.15, -0.1) is 0 Å². The number of hydrogen-bond donors (Lipinski definition) is 0. The van der Waals surface area contributed by atoms with E-state index >= 15 is 0 Å². The fourth-order valence-corrected chi connectivity index (χ4v) is 2.14. The molecule has 1 heteroatoms. The lowest BCUT2D eigenvalue weighted by Gasteiger charge is -2.09. The lowest BCUT2D eigenvalue weighted by atomic mass is 10.0. The molecule has 0 aliphatic rings. The summed E-state index contributed by atoms with van der Waals surface area (Å²) in [5.74, 6) is 0.602. The van der Waals surface area contributed by atoms with Gasteiger partial charge in [0.1, 0.15) is 0 Å². The van der Waals surface area contributed by atoms with Gasteiger partial charge < -0.3 is 0 Å². The maximum absolute atomic E-state index is 3.59. The minimum absolute atomic E-state index is 0.602. The largest absolute Gasteiger partial charge is 0.0613 e. The fourth-order valence-electron chi connectivity index (χ4n) is 1.26. The molecule has 1 aromatic rings. The summed E-state index contributed by atoms with van der Waals surface area (Å²) in [6.07, 6.45) is 1.11. The molecular weight excluding hydrogens is 212 g/mol. The Kier molecular flexibility index (Phi) is 3.33. The van der Waals surface area contributed by atoms with E-state index in [-0.39, 0.29) is 0 Å². The van der Waals surface area contributed by atoms with Gasteiger partial charge in [0.25, 0.3) is 0 Å². The molecule has 0 saturated carbocycles. The molecule has 1 rings (SSSR count). The Bertz CT molecular complexity index is 264. The molecule has 0 nitrogen and oxygen atoms in total. The van der Waals surface area contributed by atoms with Crippen molar-refractivity contribution >= 4 is 15.9 Å². The summed E-state index contributed by atoms with van der Waals surface area (Å²) in [6, 6.07) is 6.64. The van der Waals surface area contributed by atoms with Crippen molar-refractivity contribution in [2.75, 3.05) is 0 Å². The van der Waals surface area contributed by atoms with Gasteiger partial charge in [0.05, 0.1) is 0 Å². The average Bonchev–Trinajstić information content (AvgIpc) is 2.03. The predicted molar refractivity (Wildman–Crippen MR) is 57.6 cm³/mol. The Hall–Kier alpha value is -0.300. The van der Waals surface area contributed by atoms with Crippen LogP contribution in [0.15, 0.2) is 22.7 Å². The molecule has 0 aliphatic heterocycles. The Morgan fingerprint density at radius 3 is 2.42 bits per heavy atom. The molecule has 0 fully saturated rings. The Morgan fingerprint density at radius 1 is 1.33 bits per heavy atom. The van der Waals surface area contributed by atoms with Gasteiger partial charge in [-0.2, -0.15) is 0 Å². The second-order valence-electron chi connectivity index (χ2n) is 3.36. The van der Waals surface area contributed by atoms with Crippen molar-refractivity contribution in [2.45, 2.75) is 33.1 Å². The van der Waals surface area contributed by atoms with Gasteiger partial charge in [0.2, 0.25) is 0 Å². The third-order valence-corrected chi connectivity index (χ3v) is 2.78. The van der Waals surface area contributed by atoms with E-state index in [1.807, 2.05) is 0 Å². The Balaban J connectivity index is 3.03. The summed E-state index contributed by atoms with van der Waals surface area (Å²) < 4.78 is 1.25. The first-order valence-corrected chi connectivity index (χ1v) is 5.22. The molecule has 0 N–H and O–H groups in total. The van der Waals surface area contributed by atoms with Crippen LogP contribution in [0.2, 0.25) is 0 Å². The van der Waals surface area contributed by atoms with E-state index in [1.54, 1.807) is 0 Å². The number of benzene rings is 1. The van der Waals surface area contributed by atoms with Crippen molar-refractivity contribution in [2.24, 2.45) is 0 Å². The van der Waals surface area contributed by atoms with E-state index in [9.17, 15) is 0 Å². The summed E-state index contributed by atoms with van der Waals surface area (Å²) in [5.41, 5.74) is 2.79. The predicted octanol–water partition coefficient (Wildman–Crippen LogP) is 4.13. The van der Waals surface area contributed by atoms with Crippen molar-refractivity contribution in [3.05, 3.63) is 33.8 Å². The third kappa shape index (κ3) is 2.10. The van der Waals surface area contributed by atoms with Crippen LogP contribution in [0.1, 0.15) is 37.8 Å². The maximum Gasteiger partial charge on any atom is 0.0212 e. The molecule has 0 radical (unpaired) electrons. The SMILES string of the molecule is CCc1ccc(C(C)C)c(Br)c1. The number of hydrogen-bond acceptors (Lipinski definition) is 0. The first-order chi connectivity index (χ1) is 5.65. The second kappa shape index (κ2) is 4.08. The summed E-state index contributed by atoms with van der Waals surface area (Å²) in [6.45, 7) is 6.61. The summed E-state index contributed by atoms with van der Waals surface area (Å²) >= 11 is 3.59. The number of aryl methyl sites for hydroxylation is 1. The topological polar surface area (TPSA) is 0 Å². The van der Waals surface area contributed by atoms with Gasteiger partial charge in [0.15, 0.2) is 0 Å². The molecule has 0 saturated heterocycles. The van der Waals surface area contributed by atoms with E-state index in [1.165, 1.54) is 15.6 Å². The van der Waals surface area contributed by atoms with Gasteiger partial charge in [-0.05, 0) is 29.5 Å².